The van der Waals surface area contributed by atoms with Crippen molar-refractivity contribution in [1.82, 2.24) is 9.97 Å². The molecule has 0 saturated carbocycles. The third-order valence-electron chi connectivity index (χ3n) is 5.00. The second-order valence-corrected chi connectivity index (χ2v) is 8.30. The Morgan fingerprint density at radius 3 is 2.40 bits per heavy atom. The maximum Gasteiger partial charge on any atom is 0.191 e. The van der Waals surface area contributed by atoms with Crippen molar-refractivity contribution in [2.45, 2.75) is 51.7 Å². The lowest BCUT2D eigenvalue weighted by Crippen LogP contribution is -2.31. The number of oxazole rings is 1. The maximum atomic E-state index is 13.3. The predicted molar refractivity (Wildman–Crippen MR) is 111 cm³/mol. The van der Waals surface area contributed by atoms with Crippen LogP contribution in [0.25, 0.3) is 11.3 Å². The minimum atomic E-state index is -1.38. The molecule has 0 fully saturated rings. The van der Waals surface area contributed by atoms with Gasteiger partial charge in [-0.1, -0.05) is 0 Å². The summed E-state index contributed by atoms with van der Waals surface area (Å²) in [7, 11) is 0. The first-order valence-electron chi connectivity index (χ1n) is 9.71. The highest BCUT2D eigenvalue weighted by Gasteiger charge is 2.29. The van der Waals surface area contributed by atoms with Gasteiger partial charge >= 0.3 is 0 Å². The number of nitrogens with two attached hydrogens (primary N) is 1. The summed E-state index contributed by atoms with van der Waals surface area (Å²) in [6, 6.07) is 9.54. The van der Waals surface area contributed by atoms with E-state index in [1.54, 1.807) is 32.0 Å². The van der Waals surface area contributed by atoms with E-state index < -0.39 is 11.1 Å². The molecule has 0 aliphatic heterocycles. The summed E-state index contributed by atoms with van der Waals surface area (Å²) in [5, 5.41) is 11.1. The molecule has 3 N–H and O–H groups in total. The number of carbonyl (C=O) groups is 1. The molecule has 30 heavy (non-hydrogen) atoms. The number of hydrogen-bond donors (Lipinski definition) is 2. The molecule has 1 aromatic carbocycles. The molecule has 3 aromatic rings. The molecule has 0 aliphatic rings. The van der Waals surface area contributed by atoms with Gasteiger partial charge < -0.3 is 15.3 Å². The number of ketones is 1. The molecule has 2 heterocycles. The van der Waals surface area contributed by atoms with E-state index in [-0.39, 0.29) is 30.1 Å². The average molecular weight is 411 g/mol. The van der Waals surface area contributed by atoms with Gasteiger partial charge in [0.2, 0.25) is 0 Å². The summed E-state index contributed by atoms with van der Waals surface area (Å²) < 4.78 is 18.4. The fourth-order valence-corrected chi connectivity index (χ4v) is 3.05. The van der Waals surface area contributed by atoms with Crippen molar-refractivity contribution in [2.75, 3.05) is 0 Å². The molecular formula is C23H26FN3O3. The van der Waals surface area contributed by atoms with Crippen LogP contribution in [0.3, 0.4) is 0 Å². The number of halogens is 1. The molecule has 0 bridgehead atoms. The smallest absolute Gasteiger partial charge is 0.191 e. The highest BCUT2D eigenvalue weighted by Crippen LogP contribution is 2.31. The van der Waals surface area contributed by atoms with E-state index in [1.165, 1.54) is 18.4 Å². The van der Waals surface area contributed by atoms with Gasteiger partial charge in [0.05, 0.1) is 11.4 Å². The summed E-state index contributed by atoms with van der Waals surface area (Å²) >= 11 is 0. The standard InChI is InChI=1S/C23H26FN3O3/c1-14-26-19(13-30-14)20(28)9-10-23(4,29)21-12-16(22(2,3)25)11-18(27-21)15-5-7-17(24)8-6-15/h5-8,11-13,29H,9-10,25H2,1-4H3. The summed E-state index contributed by atoms with van der Waals surface area (Å²) in [4.78, 5) is 21.0. The number of pyridine rings is 1. The number of aliphatic hydroxyl groups is 1. The van der Waals surface area contributed by atoms with Gasteiger partial charge in [-0.05, 0) is 69.2 Å². The van der Waals surface area contributed by atoms with Crippen molar-refractivity contribution in [2.24, 2.45) is 5.73 Å². The van der Waals surface area contributed by atoms with Crippen LogP contribution in [-0.2, 0) is 11.1 Å². The first-order chi connectivity index (χ1) is 14.0. The van der Waals surface area contributed by atoms with Crippen molar-refractivity contribution in [3.8, 4) is 11.3 Å². The third kappa shape index (κ3) is 4.98. The molecule has 2 aromatic heterocycles. The largest absolute Gasteiger partial charge is 0.449 e. The Morgan fingerprint density at radius 2 is 1.83 bits per heavy atom. The molecule has 1 atom stereocenters. The molecule has 0 radical (unpaired) electrons. The van der Waals surface area contributed by atoms with Gasteiger partial charge in [-0.2, -0.15) is 0 Å². The Bertz CT molecular complexity index is 1050. The minimum Gasteiger partial charge on any atom is -0.449 e. The zero-order chi connectivity index (χ0) is 22.1. The van der Waals surface area contributed by atoms with Crippen LogP contribution < -0.4 is 5.73 Å². The molecule has 0 spiro atoms. The Labute approximate surface area is 175 Å². The quantitative estimate of drug-likeness (QED) is 0.564. The predicted octanol–water partition coefficient (Wildman–Crippen LogP) is 4.25. The van der Waals surface area contributed by atoms with Crippen LogP contribution in [0.5, 0.6) is 0 Å². The van der Waals surface area contributed by atoms with E-state index in [0.29, 0.717) is 22.8 Å². The second-order valence-electron chi connectivity index (χ2n) is 8.30. The second kappa shape index (κ2) is 8.08. The van der Waals surface area contributed by atoms with Gasteiger partial charge in [0.25, 0.3) is 0 Å². The van der Waals surface area contributed by atoms with E-state index >= 15 is 0 Å². The SMILES string of the molecule is Cc1nc(C(=O)CCC(C)(O)c2cc(C(C)(C)N)cc(-c3ccc(F)cc3)n2)co1. The van der Waals surface area contributed by atoms with Gasteiger partial charge in [0, 0.05) is 24.4 Å². The average Bonchev–Trinajstić information content (AvgIpc) is 3.12. The monoisotopic (exact) mass is 411 g/mol. The molecule has 0 saturated heterocycles. The number of hydrogen-bond acceptors (Lipinski definition) is 6. The molecule has 3 rings (SSSR count). The Hall–Kier alpha value is -2.90. The number of nitrogens with zero attached hydrogens (tertiary/aromatic N) is 2. The maximum absolute atomic E-state index is 13.3. The highest BCUT2D eigenvalue weighted by atomic mass is 19.1. The van der Waals surface area contributed by atoms with E-state index in [4.69, 9.17) is 10.2 Å². The van der Waals surface area contributed by atoms with E-state index in [9.17, 15) is 14.3 Å². The van der Waals surface area contributed by atoms with Crippen molar-refractivity contribution in [1.29, 1.82) is 0 Å². The van der Waals surface area contributed by atoms with Crippen LogP contribution >= 0.6 is 0 Å². The van der Waals surface area contributed by atoms with Gasteiger partial charge in [-0.25, -0.2) is 14.4 Å². The minimum absolute atomic E-state index is 0.0722. The lowest BCUT2D eigenvalue weighted by molar-refractivity contribution is 0.0395. The summed E-state index contributed by atoms with van der Waals surface area (Å²) in [6.45, 7) is 6.98. The van der Waals surface area contributed by atoms with E-state index in [0.717, 1.165) is 5.56 Å². The van der Waals surface area contributed by atoms with Crippen molar-refractivity contribution in [3.63, 3.8) is 0 Å². The number of Topliss-reactive ketones (excluding diaryl/α,β-unsaturated/α-hetero) is 1. The molecule has 1 unspecified atom stereocenters. The lowest BCUT2D eigenvalue weighted by atomic mass is 9.88. The van der Waals surface area contributed by atoms with Gasteiger partial charge in [0.15, 0.2) is 11.7 Å². The van der Waals surface area contributed by atoms with Crippen LogP contribution in [0.1, 0.15) is 61.2 Å². The number of carbonyl (C=O) groups excluding carboxylic acids is 1. The Balaban J connectivity index is 1.93. The molecule has 0 amide bonds. The number of benzene rings is 1. The Morgan fingerprint density at radius 1 is 1.17 bits per heavy atom. The molecule has 7 heteroatoms. The molecule has 0 aliphatic carbocycles. The van der Waals surface area contributed by atoms with E-state index in [1.807, 2.05) is 19.9 Å². The normalized spacial score (nSPS) is 13.8. The summed E-state index contributed by atoms with van der Waals surface area (Å²) in [6.07, 6.45) is 1.53. The van der Waals surface area contributed by atoms with Crippen LogP contribution in [0.2, 0.25) is 0 Å². The number of aromatic nitrogens is 2. The molecule has 6 nitrogen and oxygen atoms in total. The Kier molecular flexibility index (Phi) is 5.87. The summed E-state index contributed by atoms with van der Waals surface area (Å²) in [5.74, 6) is -0.155. The van der Waals surface area contributed by atoms with Crippen LogP contribution in [0.4, 0.5) is 4.39 Å². The fraction of sp³-hybridized carbons (Fsp3) is 0.348. The zero-order valence-electron chi connectivity index (χ0n) is 17.6. The van der Waals surface area contributed by atoms with Crippen molar-refractivity contribution >= 4 is 5.78 Å². The van der Waals surface area contributed by atoms with Crippen LogP contribution in [0.15, 0.2) is 47.1 Å². The summed E-state index contributed by atoms with van der Waals surface area (Å²) in [5.41, 5.74) is 6.90. The van der Waals surface area contributed by atoms with Gasteiger partial charge in [0.1, 0.15) is 23.4 Å². The van der Waals surface area contributed by atoms with Crippen LogP contribution in [0, 0.1) is 12.7 Å². The lowest BCUT2D eigenvalue weighted by Gasteiger charge is -2.27. The molecular weight excluding hydrogens is 385 g/mol. The highest BCUT2D eigenvalue weighted by molar-refractivity contribution is 5.93. The fourth-order valence-electron chi connectivity index (χ4n) is 3.05. The van der Waals surface area contributed by atoms with Crippen molar-refractivity contribution in [3.05, 3.63) is 71.3 Å². The topological polar surface area (TPSA) is 102 Å². The van der Waals surface area contributed by atoms with Crippen molar-refractivity contribution < 1.29 is 18.7 Å². The third-order valence-corrected chi connectivity index (χ3v) is 5.00. The first-order valence-corrected chi connectivity index (χ1v) is 9.71. The van der Waals surface area contributed by atoms with Crippen LogP contribution in [-0.4, -0.2) is 20.9 Å². The number of rotatable bonds is 7. The van der Waals surface area contributed by atoms with Gasteiger partial charge in [-0.15, -0.1) is 0 Å². The molecule has 158 valence electrons. The van der Waals surface area contributed by atoms with E-state index in [2.05, 4.69) is 9.97 Å². The zero-order valence-corrected chi connectivity index (χ0v) is 17.6. The number of aryl methyl sites for hydroxylation is 1. The van der Waals surface area contributed by atoms with Gasteiger partial charge in [-0.3, -0.25) is 4.79 Å². The first kappa shape index (κ1) is 21.8.